The van der Waals surface area contributed by atoms with Gasteiger partial charge in [-0.05, 0) is 6.42 Å². The molecule has 0 saturated heterocycles. The fourth-order valence-electron chi connectivity index (χ4n) is 0.510. The van der Waals surface area contributed by atoms with Crippen molar-refractivity contribution >= 4 is 12.6 Å². The van der Waals surface area contributed by atoms with Gasteiger partial charge in [0, 0.05) is 12.3 Å². The number of carbonyl (C=O) groups is 1. The van der Waals surface area contributed by atoms with Gasteiger partial charge >= 0.3 is 0 Å². The molecule has 2 nitrogen and oxygen atoms in total. The quantitative estimate of drug-likeness (QED) is 0.403. The molecule has 0 aromatic rings. The van der Waals surface area contributed by atoms with E-state index in [4.69, 9.17) is 0 Å². The number of carbonyl (C=O) groups excluding carboxylic acids is 2. The fraction of sp³-hybridized carbons (Fsp3) is 0.429. The van der Waals surface area contributed by atoms with Gasteiger partial charge < -0.3 is 4.79 Å². The van der Waals surface area contributed by atoms with Crippen molar-refractivity contribution in [3.8, 4) is 0 Å². The Morgan fingerprint density at radius 2 is 2.22 bits per heavy atom. The van der Waals surface area contributed by atoms with Crippen LogP contribution in [0.4, 0.5) is 0 Å². The van der Waals surface area contributed by atoms with E-state index in [1.54, 1.807) is 12.4 Å². The molecule has 1 unspecified atom stereocenters. The highest BCUT2D eigenvalue weighted by atomic mass is 16.1. The molecule has 9 heavy (non-hydrogen) atoms. The minimum atomic E-state index is -0.278. The van der Waals surface area contributed by atoms with Gasteiger partial charge in [0.2, 0.25) is 6.29 Å². The molecule has 0 N–H and O–H groups in total. The van der Waals surface area contributed by atoms with Crippen LogP contribution in [-0.4, -0.2) is 12.6 Å². The Morgan fingerprint density at radius 3 is 2.56 bits per heavy atom. The summed E-state index contributed by atoms with van der Waals surface area (Å²) in [5, 5.41) is 0. The van der Waals surface area contributed by atoms with Crippen LogP contribution in [0.25, 0.3) is 0 Å². The first-order valence-corrected chi connectivity index (χ1v) is 2.77. The third-order valence-electron chi connectivity index (χ3n) is 0.999. The molecule has 0 aliphatic carbocycles. The lowest BCUT2D eigenvalue weighted by Gasteiger charge is -1.96. The molecule has 1 atom stereocenters. The van der Waals surface area contributed by atoms with E-state index >= 15 is 0 Å². The molecule has 0 spiro atoms. The number of allylic oxidation sites excluding steroid dienone is 1. The largest absolute Gasteiger partial charge is 0.303 e. The first-order valence-electron chi connectivity index (χ1n) is 2.77. The van der Waals surface area contributed by atoms with Crippen LogP contribution in [0.1, 0.15) is 12.8 Å². The summed E-state index contributed by atoms with van der Waals surface area (Å²) in [6.45, 7) is 3.44. The second-order valence-corrected chi connectivity index (χ2v) is 1.74. The molecule has 1 radical (unpaired) electrons. The lowest BCUT2D eigenvalue weighted by atomic mass is 10.1. The van der Waals surface area contributed by atoms with Crippen LogP contribution in [0.2, 0.25) is 0 Å². The minimum Gasteiger partial charge on any atom is -0.303 e. The van der Waals surface area contributed by atoms with Crippen molar-refractivity contribution in [2.75, 3.05) is 0 Å². The van der Waals surface area contributed by atoms with Crippen molar-refractivity contribution in [3.63, 3.8) is 0 Å². The molecule has 0 aromatic carbocycles. The van der Waals surface area contributed by atoms with Gasteiger partial charge in [-0.15, -0.1) is 6.58 Å². The van der Waals surface area contributed by atoms with E-state index in [0.717, 1.165) is 6.29 Å². The van der Waals surface area contributed by atoms with Gasteiger partial charge in [-0.1, -0.05) is 6.08 Å². The second kappa shape index (κ2) is 5.22. The lowest BCUT2D eigenvalue weighted by molar-refractivity contribution is -0.108. The molecule has 0 amide bonds. The molecule has 0 heterocycles. The fourth-order valence-corrected chi connectivity index (χ4v) is 0.510. The topological polar surface area (TPSA) is 34.1 Å². The summed E-state index contributed by atoms with van der Waals surface area (Å²) in [6, 6.07) is 0. The second-order valence-electron chi connectivity index (χ2n) is 1.74. The van der Waals surface area contributed by atoms with Crippen molar-refractivity contribution in [1.29, 1.82) is 0 Å². The van der Waals surface area contributed by atoms with Crippen molar-refractivity contribution in [2.24, 2.45) is 5.92 Å². The van der Waals surface area contributed by atoms with E-state index in [0.29, 0.717) is 6.42 Å². The molecule has 49 valence electrons. The Hall–Kier alpha value is -0.920. The third-order valence-corrected chi connectivity index (χ3v) is 0.999. The van der Waals surface area contributed by atoms with Crippen molar-refractivity contribution < 1.29 is 9.59 Å². The molecule has 0 fully saturated rings. The van der Waals surface area contributed by atoms with Crippen molar-refractivity contribution in [2.45, 2.75) is 12.8 Å². The molecule has 0 bridgehead atoms. The van der Waals surface area contributed by atoms with Gasteiger partial charge in [0.05, 0.1) is 0 Å². The van der Waals surface area contributed by atoms with E-state index in [2.05, 4.69) is 6.58 Å². The smallest absolute Gasteiger partial charge is 0.202 e. The molecule has 0 aliphatic rings. The Labute approximate surface area is 54.6 Å². The minimum absolute atomic E-state index is 0.259. The monoisotopic (exact) mass is 125 g/mol. The highest BCUT2D eigenvalue weighted by Gasteiger charge is 2.03. The maximum Gasteiger partial charge on any atom is 0.202 e. The van der Waals surface area contributed by atoms with E-state index in [1.807, 2.05) is 0 Å². The van der Waals surface area contributed by atoms with Crippen LogP contribution in [-0.2, 0) is 9.59 Å². The SMILES string of the molecule is C=CCC([C]=O)CC=O. The normalized spacial score (nSPS) is 12.0. The maximum atomic E-state index is 9.95. The van der Waals surface area contributed by atoms with Crippen molar-refractivity contribution in [1.82, 2.24) is 0 Å². The summed E-state index contributed by atoms with van der Waals surface area (Å²) in [4.78, 5) is 19.8. The molecule has 0 rings (SSSR count). The van der Waals surface area contributed by atoms with Crippen LogP contribution >= 0.6 is 0 Å². The Bertz CT molecular complexity index is 97.5. The van der Waals surface area contributed by atoms with Gasteiger partial charge in [0.15, 0.2) is 0 Å². The first kappa shape index (κ1) is 8.08. The Kier molecular flexibility index (Phi) is 4.69. The molecule has 0 saturated carbocycles. The van der Waals surface area contributed by atoms with Crippen molar-refractivity contribution in [3.05, 3.63) is 12.7 Å². The van der Waals surface area contributed by atoms with Crippen LogP contribution in [0.3, 0.4) is 0 Å². The summed E-state index contributed by atoms with van der Waals surface area (Å²) in [7, 11) is 0. The molecular formula is C7H9O2. The van der Waals surface area contributed by atoms with E-state index in [-0.39, 0.29) is 12.3 Å². The molecule has 2 heteroatoms. The predicted molar refractivity (Wildman–Crippen MR) is 34.7 cm³/mol. The summed E-state index contributed by atoms with van der Waals surface area (Å²) in [5.74, 6) is -0.278. The van der Waals surface area contributed by atoms with Crippen LogP contribution < -0.4 is 0 Å². The zero-order valence-corrected chi connectivity index (χ0v) is 5.17. The van der Waals surface area contributed by atoms with Crippen LogP contribution in [0.5, 0.6) is 0 Å². The number of hydrogen-bond donors (Lipinski definition) is 0. The van der Waals surface area contributed by atoms with E-state index in [1.165, 1.54) is 0 Å². The van der Waals surface area contributed by atoms with Gasteiger partial charge in [-0.25, -0.2) is 0 Å². The third kappa shape index (κ3) is 3.64. The lowest BCUT2D eigenvalue weighted by Crippen LogP contribution is -2.00. The standard InChI is InChI=1S/C7H9O2/c1-2-3-7(6-9)4-5-8/h2,5,7H,1,3-4H2. The summed E-state index contributed by atoms with van der Waals surface area (Å²) >= 11 is 0. The maximum absolute atomic E-state index is 9.95. The molecular weight excluding hydrogens is 116 g/mol. The van der Waals surface area contributed by atoms with E-state index < -0.39 is 0 Å². The zero-order valence-electron chi connectivity index (χ0n) is 5.17. The van der Waals surface area contributed by atoms with Gasteiger partial charge in [0.1, 0.15) is 6.29 Å². The number of rotatable bonds is 5. The van der Waals surface area contributed by atoms with E-state index in [9.17, 15) is 9.59 Å². The average Bonchev–Trinajstić information content (AvgIpc) is 1.88. The van der Waals surface area contributed by atoms with Gasteiger partial charge in [-0.2, -0.15) is 0 Å². The Balaban J connectivity index is 3.51. The highest BCUT2D eigenvalue weighted by molar-refractivity contribution is 5.62. The average molecular weight is 125 g/mol. The van der Waals surface area contributed by atoms with Gasteiger partial charge in [-0.3, -0.25) is 4.79 Å². The Morgan fingerprint density at radius 1 is 1.56 bits per heavy atom. The van der Waals surface area contributed by atoms with Gasteiger partial charge in [0.25, 0.3) is 0 Å². The molecule has 0 aliphatic heterocycles. The summed E-state index contributed by atoms with van der Waals surface area (Å²) in [5.41, 5.74) is 0. The molecule has 0 aromatic heterocycles. The summed E-state index contributed by atoms with van der Waals surface area (Å²) in [6.07, 6.45) is 4.89. The van der Waals surface area contributed by atoms with Crippen LogP contribution in [0, 0.1) is 5.92 Å². The number of hydrogen-bond acceptors (Lipinski definition) is 2. The predicted octanol–water partition coefficient (Wildman–Crippen LogP) is 0.877. The zero-order chi connectivity index (χ0) is 7.11. The van der Waals surface area contributed by atoms with Crippen LogP contribution in [0.15, 0.2) is 12.7 Å². The highest BCUT2D eigenvalue weighted by Crippen LogP contribution is 2.02. The first-order chi connectivity index (χ1) is 4.35. The summed E-state index contributed by atoms with van der Waals surface area (Å²) < 4.78 is 0. The number of aldehydes is 1.